The molecule has 0 amide bonds. The van der Waals surface area contributed by atoms with Gasteiger partial charge < -0.3 is 14.5 Å². The summed E-state index contributed by atoms with van der Waals surface area (Å²) in [7, 11) is 1.51. The van der Waals surface area contributed by atoms with Crippen LogP contribution in [0.4, 0.5) is 13.2 Å². The fourth-order valence-corrected chi connectivity index (χ4v) is 3.28. The Morgan fingerprint density at radius 3 is 2.57 bits per heavy atom. The van der Waals surface area contributed by atoms with Crippen LogP contribution in [0, 0.1) is 0 Å². The molecule has 1 N–H and O–H groups in total. The molecule has 4 rings (SSSR count). The second-order valence-electron chi connectivity index (χ2n) is 6.45. The van der Waals surface area contributed by atoms with E-state index in [0.717, 1.165) is 6.07 Å². The van der Waals surface area contributed by atoms with Crippen molar-refractivity contribution in [3.63, 3.8) is 0 Å². The average molecular weight is 393 g/mol. The van der Waals surface area contributed by atoms with Crippen LogP contribution in [0.2, 0.25) is 0 Å². The van der Waals surface area contributed by atoms with E-state index in [9.17, 15) is 13.2 Å². The fraction of sp³-hybridized carbons (Fsp3) is 0.389. The predicted octanol–water partition coefficient (Wildman–Crippen LogP) is 3.55. The molecule has 1 aliphatic heterocycles. The molecule has 3 heterocycles. The number of halogens is 3. The number of rotatable bonds is 4. The number of aromatic nitrogens is 4. The van der Waals surface area contributed by atoms with Crippen molar-refractivity contribution >= 4 is 0 Å². The van der Waals surface area contributed by atoms with E-state index in [-0.39, 0.29) is 23.5 Å². The smallest absolute Gasteiger partial charge is 0.435 e. The van der Waals surface area contributed by atoms with Crippen LogP contribution in [0.1, 0.15) is 24.6 Å². The molecule has 0 radical (unpaired) electrons. The summed E-state index contributed by atoms with van der Waals surface area (Å²) in [5.74, 6) is 0.682. The van der Waals surface area contributed by atoms with Crippen molar-refractivity contribution in [2.24, 2.45) is 0 Å². The molecule has 0 atom stereocenters. The molecule has 1 aromatic carbocycles. The molecule has 0 unspecified atom stereocenters. The first kappa shape index (κ1) is 18.5. The zero-order valence-electron chi connectivity index (χ0n) is 15.0. The number of hydrogen-bond donors (Lipinski definition) is 1. The average Bonchev–Trinajstić information content (AvgIpc) is 3.35. The van der Waals surface area contributed by atoms with Crippen molar-refractivity contribution < 1.29 is 22.3 Å². The van der Waals surface area contributed by atoms with Gasteiger partial charge in [-0.25, -0.2) is 0 Å². The maximum Gasteiger partial charge on any atom is 0.435 e. The Bertz CT molecular complexity index is 960. The SMILES string of the molecule is COc1ccccc1-c1nnc(-c2cc(C(F)(F)F)nn2C2CCNCC2)o1. The monoisotopic (exact) mass is 393 g/mol. The van der Waals surface area contributed by atoms with Gasteiger partial charge in [0.15, 0.2) is 5.69 Å². The minimum Gasteiger partial charge on any atom is -0.496 e. The quantitative estimate of drug-likeness (QED) is 0.730. The van der Waals surface area contributed by atoms with E-state index >= 15 is 0 Å². The molecule has 3 aromatic rings. The van der Waals surface area contributed by atoms with E-state index in [4.69, 9.17) is 9.15 Å². The van der Waals surface area contributed by atoms with Crippen LogP contribution >= 0.6 is 0 Å². The Morgan fingerprint density at radius 2 is 1.86 bits per heavy atom. The number of ether oxygens (including phenoxy) is 1. The summed E-state index contributed by atoms with van der Waals surface area (Å²) >= 11 is 0. The third kappa shape index (κ3) is 3.47. The highest BCUT2D eigenvalue weighted by molar-refractivity contribution is 5.63. The molecule has 0 bridgehead atoms. The highest BCUT2D eigenvalue weighted by atomic mass is 19.4. The maximum absolute atomic E-state index is 13.3. The summed E-state index contributed by atoms with van der Waals surface area (Å²) in [5.41, 5.74) is -0.251. The molecule has 0 aliphatic carbocycles. The van der Waals surface area contributed by atoms with Crippen LogP contribution in [-0.2, 0) is 6.18 Å². The van der Waals surface area contributed by atoms with E-state index in [1.807, 2.05) is 0 Å². The summed E-state index contributed by atoms with van der Waals surface area (Å²) in [4.78, 5) is 0. The normalized spacial score (nSPS) is 15.7. The van der Waals surface area contributed by atoms with Crippen LogP contribution < -0.4 is 10.1 Å². The first-order valence-electron chi connectivity index (χ1n) is 8.82. The minimum absolute atomic E-state index is 0.0116. The summed E-state index contributed by atoms with van der Waals surface area (Å²) in [6.45, 7) is 1.42. The van der Waals surface area contributed by atoms with Crippen molar-refractivity contribution in [3.05, 3.63) is 36.0 Å². The number of nitrogens with one attached hydrogen (secondary N) is 1. The van der Waals surface area contributed by atoms with E-state index in [1.165, 1.54) is 11.8 Å². The van der Waals surface area contributed by atoms with Gasteiger partial charge in [-0.15, -0.1) is 10.2 Å². The third-order valence-electron chi connectivity index (χ3n) is 4.66. The van der Waals surface area contributed by atoms with Crippen molar-refractivity contribution in [1.29, 1.82) is 0 Å². The standard InChI is InChI=1S/C18H18F3N5O2/c1-27-14-5-3-2-4-12(14)16-23-24-17(28-16)13-10-15(18(19,20)21)25-26(13)11-6-8-22-9-7-11/h2-5,10-11,22H,6-9H2,1H3. The van der Waals surface area contributed by atoms with Gasteiger partial charge in [0.25, 0.3) is 11.8 Å². The molecule has 28 heavy (non-hydrogen) atoms. The Balaban J connectivity index is 1.76. The number of piperidine rings is 1. The van der Waals surface area contributed by atoms with Gasteiger partial charge in [0.1, 0.15) is 11.4 Å². The third-order valence-corrected chi connectivity index (χ3v) is 4.66. The molecule has 1 fully saturated rings. The number of alkyl halides is 3. The lowest BCUT2D eigenvalue weighted by Gasteiger charge is -2.24. The number of hydrogen-bond acceptors (Lipinski definition) is 6. The van der Waals surface area contributed by atoms with E-state index < -0.39 is 11.9 Å². The Labute approximate surface area is 158 Å². The van der Waals surface area contributed by atoms with Crippen LogP contribution in [0.3, 0.4) is 0 Å². The summed E-state index contributed by atoms with van der Waals surface area (Å²) in [5, 5.41) is 15.0. The molecule has 10 heteroatoms. The van der Waals surface area contributed by atoms with Crippen LogP contribution in [-0.4, -0.2) is 40.2 Å². The number of benzene rings is 1. The molecule has 1 saturated heterocycles. The minimum atomic E-state index is -4.56. The maximum atomic E-state index is 13.3. The lowest BCUT2D eigenvalue weighted by molar-refractivity contribution is -0.141. The number of methoxy groups -OCH3 is 1. The highest BCUT2D eigenvalue weighted by Crippen LogP contribution is 2.36. The first-order chi connectivity index (χ1) is 13.5. The fourth-order valence-electron chi connectivity index (χ4n) is 3.28. The van der Waals surface area contributed by atoms with Crippen molar-refractivity contribution in [2.75, 3.05) is 20.2 Å². The Hall–Kier alpha value is -2.88. The Morgan fingerprint density at radius 1 is 1.14 bits per heavy atom. The van der Waals surface area contributed by atoms with Gasteiger partial charge in [-0.1, -0.05) is 12.1 Å². The highest BCUT2D eigenvalue weighted by Gasteiger charge is 2.37. The first-order valence-corrected chi connectivity index (χ1v) is 8.82. The second kappa shape index (κ2) is 7.27. The molecule has 0 saturated carbocycles. The molecule has 0 spiro atoms. The second-order valence-corrected chi connectivity index (χ2v) is 6.45. The van der Waals surface area contributed by atoms with E-state index in [0.29, 0.717) is 37.2 Å². The van der Waals surface area contributed by atoms with Crippen molar-refractivity contribution in [2.45, 2.75) is 25.1 Å². The van der Waals surface area contributed by atoms with E-state index in [2.05, 4.69) is 20.6 Å². The zero-order valence-corrected chi connectivity index (χ0v) is 15.0. The van der Waals surface area contributed by atoms with E-state index in [1.54, 1.807) is 24.3 Å². The molecule has 2 aromatic heterocycles. The van der Waals surface area contributed by atoms with Crippen LogP contribution in [0.5, 0.6) is 5.75 Å². The van der Waals surface area contributed by atoms with Gasteiger partial charge in [-0.05, 0) is 38.1 Å². The molecule has 148 valence electrons. The molecule has 1 aliphatic rings. The largest absolute Gasteiger partial charge is 0.496 e. The number of nitrogens with zero attached hydrogens (tertiary/aromatic N) is 4. The van der Waals surface area contributed by atoms with Crippen LogP contribution in [0.25, 0.3) is 23.0 Å². The van der Waals surface area contributed by atoms with Gasteiger partial charge in [0.2, 0.25) is 0 Å². The summed E-state index contributed by atoms with van der Waals surface area (Å²) < 4.78 is 52.1. The van der Waals surface area contributed by atoms with Gasteiger partial charge in [0.05, 0.1) is 18.7 Å². The van der Waals surface area contributed by atoms with Gasteiger partial charge in [0, 0.05) is 6.07 Å². The van der Waals surface area contributed by atoms with Gasteiger partial charge in [-0.2, -0.15) is 18.3 Å². The summed E-state index contributed by atoms with van der Waals surface area (Å²) in [6.07, 6.45) is -3.22. The topological polar surface area (TPSA) is 78.0 Å². The lowest BCUT2D eigenvalue weighted by atomic mass is 10.1. The molecular weight excluding hydrogens is 375 g/mol. The molecular formula is C18H18F3N5O2. The zero-order chi connectivity index (χ0) is 19.7. The van der Waals surface area contributed by atoms with Crippen LogP contribution in [0.15, 0.2) is 34.7 Å². The van der Waals surface area contributed by atoms with Crippen molar-refractivity contribution in [1.82, 2.24) is 25.3 Å². The molecule has 7 nitrogen and oxygen atoms in total. The van der Waals surface area contributed by atoms with Gasteiger partial charge in [-0.3, -0.25) is 4.68 Å². The Kier molecular flexibility index (Phi) is 4.80. The lowest BCUT2D eigenvalue weighted by Crippen LogP contribution is -2.30. The number of para-hydroxylation sites is 1. The predicted molar refractivity (Wildman–Crippen MR) is 93.6 cm³/mol. The van der Waals surface area contributed by atoms with Gasteiger partial charge >= 0.3 is 6.18 Å². The summed E-state index contributed by atoms with van der Waals surface area (Å²) in [6, 6.07) is 7.84. The van der Waals surface area contributed by atoms with Crippen molar-refractivity contribution in [3.8, 4) is 28.8 Å².